The van der Waals surface area contributed by atoms with E-state index in [1.54, 1.807) is 10.4 Å². The van der Waals surface area contributed by atoms with Gasteiger partial charge in [0.15, 0.2) is 0 Å². The first-order valence-corrected chi connectivity index (χ1v) is 51.6. The van der Waals surface area contributed by atoms with E-state index in [0.717, 1.165) is 11.4 Å². The zero-order valence-corrected chi connectivity index (χ0v) is 74.9. The average Bonchev–Trinajstić information content (AvgIpc) is 0.777. The SMILES string of the molecule is CC(C)(C)c1cc(-c2cc(N)cc(-c3cc(C(C)(C)C)cc(C(C)(C)C)c3)c2)cc(C(C)(C)C)c1.CC(C)(C)c1cc(-c2cc(Nc3cc([Si](C)(C)C)cc([Si](C)(C)C)c3)cc(-c3cc(C(C)(C)C)cc(C(C)(C)C)c3)c2)cc(C(C)(C)C)c1.C[Si](C)(C)c1cc(Br)cc([Si](C)(C)C)c1. The number of hydrogen-bond donors (Lipinski definition) is 2. The molecule has 0 aliphatic heterocycles. The van der Waals surface area contributed by atoms with Crippen LogP contribution in [-0.2, 0) is 43.3 Å². The van der Waals surface area contributed by atoms with E-state index in [2.05, 4.69) is 412 Å². The molecule has 2 nitrogen and oxygen atoms in total. The molecule has 0 aliphatic carbocycles. The number of hydrogen-bond acceptors (Lipinski definition) is 2. The van der Waals surface area contributed by atoms with Crippen LogP contribution in [0.15, 0.2) is 150 Å². The molecule has 0 saturated carbocycles. The van der Waals surface area contributed by atoms with Gasteiger partial charge in [0.05, 0.1) is 32.3 Å². The Morgan fingerprint density at radius 2 is 0.394 bits per heavy atom. The van der Waals surface area contributed by atoms with Gasteiger partial charge in [-0.2, -0.15) is 0 Å². The van der Waals surface area contributed by atoms with Crippen molar-refractivity contribution in [3.8, 4) is 44.5 Å². The molecule has 0 fully saturated rings. The summed E-state index contributed by atoms with van der Waals surface area (Å²) < 4.78 is 1.25. The van der Waals surface area contributed by atoms with E-state index in [4.69, 9.17) is 5.73 Å². The smallest absolute Gasteiger partial charge is 0.0776 e. The van der Waals surface area contributed by atoms with Crippen LogP contribution in [0.25, 0.3) is 44.5 Å². The molecule has 0 unspecified atom stereocenters. The molecular weight excluding hydrogens is 1330 g/mol. The minimum absolute atomic E-state index is 0.0435. The fourth-order valence-corrected chi connectivity index (χ4v) is 17.8. The quantitative estimate of drug-likeness (QED) is 0.106. The van der Waals surface area contributed by atoms with Crippen molar-refractivity contribution < 1.29 is 0 Å². The van der Waals surface area contributed by atoms with Crippen molar-refractivity contribution in [2.24, 2.45) is 0 Å². The summed E-state index contributed by atoms with van der Waals surface area (Å²) in [7, 11) is -5.43. The van der Waals surface area contributed by atoms with Crippen LogP contribution in [0.2, 0.25) is 78.6 Å². The Labute approximate surface area is 619 Å². The van der Waals surface area contributed by atoms with Crippen molar-refractivity contribution in [2.45, 2.75) is 288 Å². The Hall–Kier alpha value is -5.29. The van der Waals surface area contributed by atoms with Crippen LogP contribution in [0.3, 0.4) is 0 Å². The van der Waals surface area contributed by atoms with Crippen LogP contribution >= 0.6 is 15.9 Å². The first-order chi connectivity index (χ1) is 44.4. The molecule has 0 aliphatic rings. The van der Waals surface area contributed by atoms with E-state index >= 15 is 0 Å². The van der Waals surface area contributed by atoms with Crippen molar-refractivity contribution in [3.05, 3.63) is 195 Å². The lowest BCUT2D eigenvalue weighted by Gasteiger charge is -2.27. The fraction of sp³-hybridized carbons (Fsp3) is 0.478. The lowest BCUT2D eigenvalue weighted by atomic mass is 9.78. The van der Waals surface area contributed by atoms with E-state index in [1.165, 1.54) is 110 Å². The van der Waals surface area contributed by atoms with Crippen LogP contribution in [0.4, 0.5) is 17.1 Å². The maximum atomic E-state index is 6.53. The summed E-state index contributed by atoms with van der Waals surface area (Å²) in [5.41, 5.74) is 31.0. The number of halogens is 1. The van der Waals surface area contributed by atoms with E-state index in [-0.39, 0.29) is 43.3 Å². The highest BCUT2D eigenvalue weighted by molar-refractivity contribution is 9.10. The van der Waals surface area contributed by atoms with E-state index in [9.17, 15) is 0 Å². The Morgan fingerprint density at radius 1 is 0.222 bits per heavy atom. The molecule has 7 heteroatoms. The summed E-state index contributed by atoms with van der Waals surface area (Å²) in [6.07, 6.45) is 0. The van der Waals surface area contributed by atoms with Crippen molar-refractivity contribution >= 4 is 86.0 Å². The largest absolute Gasteiger partial charge is 0.399 e. The number of anilines is 3. The molecular formula is C92H135BrN2Si4. The predicted molar refractivity (Wildman–Crippen MR) is 464 cm³/mol. The average molecular weight is 1460 g/mol. The van der Waals surface area contributed by atoms with Gasteiger partial charge in [0.2, 0.25) is 0 Å². The zero-order valence-electron chi connectivity index (χ0n) is 69.3. The van der Waals surface area contributed by atoms with Gasteiger partial charge in [0.1, 0.15) is 0 Å². The topological polar surface area (TPSA) is 38.0 Å². The van der Waals surface area contributed by atoms with Gasteiger partial charge in [0.25, 0.3) is 0 Å². The molecule has 536 valence electrons. The van der Waals surface area contributed by atoms with Gasteiger partial charge in [-0.3, -0.25) is 0 Å². The molecule has 0 saturated heterocycles. The van der Waals surface area contributed by atoms with Gasteiger partial charge < -0.3 is 11.1 Å². The van der Waals surface area contributed by atoms with Crippen molar-refractivity contribution in [1.29, 1.82) is 0 Å². The third-order valence-electron chi connectivity index (χ3n) is 19.5. The van der Waals surface area contributed by atoms with Crippen molar-refractivity contribution in [1.82, 2.24) is 0 Å². The summed E-state index contributed by atoms with van der Waals surface area (Å²) in [4.78, 5) is 0. The second kappa shape index (κ2) is 29.1. The second-order valence-corrected chi connectivity index (χ2v) is 62.7. The van der Waals surface area contributed by atoms with E-state index in [1.807, 2.05) is 0 Å². The maximum Gasteiger partial charge on any atom is 0.0776 e. The summed E-state index contributed by atoms with van der Waals surface area (Å²) >= 11 is 3.64. The van der Waals surface area contributed by atoms with Gasteiger partial charge in [-0.05, 0) is 193 Å². The Kier molecular flexibility index (Phi) is 24.3. The van der Waals surface area contributed by atoms with Gasteiger partial charge in [-0.25, -0.2) is 0 Å². The minimum atomic E-state index is -1.53. The molecule has 0 amide bonds. The summed E-state index contributed by atoms with van der Waals surface area (Å²) in [6.45, 7) is 84.6. The highest BCUT2D eigenvalue weighted by atomic mass is 79.9. The van der Waals surface area contributed by atoms with Crippen molar-refractivity contribution in [2.75, 3.05) is 11.1 Å². The highest BCUT2D eigenvalue weighted by Crippen LogP contribution is 2.42. The Morgan fingerprint density at radius 3 is 0.586 bits per heavy atom. The molecule has 8 aromatic carbocycles. The number of nitrogens with one attached hydrogen (secondary N) is 1. The number of rotatable bonds is 10. The van der Waals surface area contributed by atoms with Crippen LogP contribution in [0, 0.1) is 0 Å². The van der Waals surface area contributed by atoms with Gasteiger partial charge >= 0.3 is 0 Å². The monoisotopic (exact) mass is 1460 g/mol. The standard InChI is InChI=1S/C46H67NSi2.C34H47N.C12H21BrSi2/c1-43(2,3)35-20-33(21-36(26-35)44(4,5)6)31-19-32(34-22-37(45(7,8)9)27-38(23-34)46(10,11)12)25-39(24-31)47-40-28-41(48(13,14)15)30-42(29-40)49(16,17)18;1-31(2,3)26-14-24(15-27(20-26)32(4,5)6)22-13-23(19-30(35)18-22)25-16-28(33(7,8)9)21-29(17-25)34(10,11)12;1-14(2,3)11-7-10(13)8-12(9-11)15(4,5)6/h19-30,47H,1-18H3;13-21H,35H2,1-12H3;7-9H,1-6H3. The van der Waals surface area contributed by atoms with Crippen molar-refractivity contribution in [3.63, 3.8) is 0 Å². The van der Waals surface area contributed by atoms with Gasteiger partial charge in [-0.1, -0.05) is 366 Å². The lowest BCUT2D eigenvalue weighted by molar-refractivity contribution is 0.568. The summed E-state index contributed by atoms with van der Waals surface area (Å²) in [5, 5.41) is 10.1. The molecule has 3 N–H and O–H groups in total. The number of nitrogen functional groups attached to an aromatic ring is 1. The summed E-state index contributed by atoms with van der Waals surface area (Å²) in [6, 6.07) is 56.9. The number of nitrogens with two attached hydrogens (primary N) is 1. The lowest BCUT2D eigenvalue weighted by Crippen LogP contribution is -2.45. The molecule has 99 heavy (non-hydrogen) atoms. The van der Waals surface area contributed by atoms with E-state index in [0.29, 0.717) is 0 Å². The first kappa shape index (κ1) is 82.7. The molecule has 0 radical (unpaired) electrons. The molecule has 0 atom stereocenters. The van der Waals surface area contributed by atoms with Crippen LogP contribution in [0.1, 0.15) is 211 Å². The summed E-state index contributed by atoms with van der Waals surface area (Å²) in [5.74, 6) is 0. The van der Waals surface area contributed by atoms with Gasteiger partial charge in [-0.15, -0.1) is 0 Å². The molecule has 8 rings (SSSR count). The normalized spacial score (nSPS) is 13.3. The highest BCUT2D eigenvalue weighted by Gasteiger charge is 2.29. The third-order valence-corrected chi connectivity index (χ3v) is 28.0. The van der Waals surface area contributed by atoms with Crippen LogP contribution in [-0.4, -0.2) is 32.3 Å². The predicted octanol–water partition coefficient (Wildman–Crippen LogP) is 26.4. The second-order valence-electron chi connectivity index (χ2n) is 41.5. The van der Waals surface area contributed by atoms with E-state index < -0.39 is 32.3 Å². The van der Waals surface area contributed by atoms with Crippen LogP contribution < -0.4 is 31.8 Å². The number of benzene rings is 8. The maximum absolute atomic E-state index is 6.53. The Balaban J connectivity index is 0.000000267. The molecule has 0 heterocycles. The van der Waals surface area contributed by atoms with Crippen LogP contribution in [0.5, 0.6) is 0 Å². The zero-order chi connectivity index (χ0) is 75.5. The molecule has 0 spiro atoms. The van der Waals surface area contributed by atoms with Gasteiger partial charge in [0, 0.05) is 21.5 Å². The molecule has 0 aromatic heterocycles. The molecule has 0 bridgehead atoms. The minimum Gasteiger partial charge on any atom is -0.399 e. The fourth-order valence-electron chi connectivity index (χ4n) is 11.8. The molecule has 8 aromatic rings. The first-order valence-electron chi connectivity index (χ1n) is 36.8. The third kappa shape index (κ3) is 22.9. The Bertz CT molecular complexity index is 3790.